The van der Waals surface area contributed by atoms with Gasteiger partial charge in [-0.25, -0.2) is 9.67 Å². The molecule has 0 spiro atoms. The SMILES string of the molecule is CC(C)Cn1ncnc1CN[C@@H](C)c1ccco1. The van der Waals surface area contributed by atoms with E-state index in [0.717, 1.165) is 18.1 Å². The van der Waals surface area contributed by atoms with Crippen molar-refractivity contribution < 1.29 is 4.42 Å². The van der Waals surface area contributed by atoms with E-state index in [0.29, 0.717) is 12.5 Å². The standard InChI is InChI=1S/C13H20N4O/c1-10(2)8-17-13(15-9-16-17)7-14-11(3)12-5-4-6-18-12/h4-6,9-11,14H,7-8H2,1-3H3/t11-/m0/s1. The van der Waals surface area contributed by atoms with Crippen LogP contribution in [0.3, 0.4) is 0 Å². The van der Waals surface area contributed by atoms with Crippen LogP contribution in [0.5, 0.6) is 0 Å². The van der Waals surface area contributed by atoms with Gasteiger partial charge in [0, 0.05) is 6.54 Å². The maximum absolute atomic E-state index is 5.35. The fraction of sp³-hybridized carbons (Fsp3) is 0.538. The fourth-order valence-corrected chi connectivity index (χ4v) is 1.81. The van der Waals surface area contributed by atoms with Gasteiger partial charge in [-0.2, -0.15) is 5.10 Å². The number of hydrogen-bond acceptors (Lipinski definition) is 4. The molecule has 2 rings (SSSR count). The fourth-order valence-electron chi connectivity index (χ4n) is 1.81. The monoisotopic (exact) mass is 248 g/mol. The molecule has 2 heterocycles. The van der Waals surface area contributed by atoms with Crippen molar-refractivity contribution in [2.75, 3.05) is 0 Å². The first-order valence-corrected chi connectivity index (χ1v) is 6.30. The van der Waals surface area contributed by atoms with Crippen LogP contribution in [0.25, 0.3) is 0 Å². The molecule has 0 fully saturated rings. The van der Waals surface area contributed by atoms with Gasteiger partial charge in [0.1, 0.15) is 17.9 Å². The van der Waals surface area contributed by atoms with Crippen LogP contribution >= 0.6 is 0 Å². The summed E-state index contributed by atoms with van der Waals surface area (Å²) >= 11 is 0. The first kappa shape index (κ1) is 12.8. The summed E-state index contributed by atoms with van der Waals surface area (Å²) in [5, 5.41) is 7.62. The molecule has 0 aliphatic rings. The van der Waals surface area contributed by atoms with Crippen LogP contribution in [-0.2, 0) is 13.1 Å². The summed E-state index contributed by atoms with van der Waals surface area (Å²) in [5.74, 6) is 2.46. The molecular formula is C13H20N4O. The number of aromatic nitrogens is 3. The van der Waals surface area contributed by atoms with Crippen LogP contribution in [0, 0.1) is 5.92 Å². The second-order valence-corrected chi connectivity index (χ2v) is 4.87. The zero-order valence-corrected chi connectivity index (χ0v) is 11.1. The normalized spacial score (nSPS) is 13.1. The zero-order chi connectivity index (χ0) is 13.0. The molecule has 0 amide bonds. The smallest absolute Gasteiger partial charge is 0.140 e. The molecule has 98 valence electrons. The average molecular weight is 248 g/mol. The van der Waals surface area contributed by atoms with Crippen molar-refractivity contribution in [1.29, 1.82) is 0 Å². The topological polar surface area (TPSA) is 55.9 Å². The van der Waals surface area contributed by atoms with E-state index < -0.39 is 0 Å². The number of nitrogens with zero attached hydrogens (tertiary/aromatic N) is 3. The summed E-state index contributed by atoms with van der Waals surface area (Å²) < 4.78 is 7.31. The Bertz CT molecular complexity index is 461. The van der Waals surface area contributed by atoms with E-state index in [-0.39, 0.29) is 6.04 Å². The van der Waals surface area contributed by atoms with Gasteiger partial charge in [0.2, 0.25) is 0 Å². The first-order valence-electron chi connectivity index (χ1n) is 6.30. The van der Waals surface area contributed by atoms with E-state index in [1.807, 2.05) is 16.8 Å². The third kappa shape index (κ3) is 3.20. The molecule has 0 aromatic carbocycles. The predicted molar refractivity (Wildman–Crippen MR) is 68.8 cm³/mol. The summed E-state index contributed by atoms with van der Waals surface area (Å²) in [6.07, 6.45) is 3.30. The van der Waals surface area contributed by atoms with Gasteiger partial charge in [0.15, 0.2) is 0 Å². The number of nitrogens with one attached hydrogen (secondary N) is 1. The Morgan fingerprint density at radius 2 is 2.22 bits per heavy atom. The quantitative estimate of drug-likeness (QED) is 0.852. The minimum absolute atomic E-state index is 0.171. The van der Waals surface area contributed by atoms with Crippen molar-refractivity contribution in [3.8, 4) is 0 Å². The number of furan rings is 1. The minimum Gasteiger partial charge on any atom is -0.468 e. The Balaban J connectivity index is 1.92. The molecule has 0 saturated heterocycles. The van der Waals surface area contributed by atoms with Gasteiger partial charge >= 0.3 is 0 Å². The van der Waals surface area contributed by atoms with Crippen LogP contribution < -0.4 is 5.32 Å². The summed E-state index contributed by atoms with van der Waals surface area (Å²) in [4.78, 5) is 4.28. The molecule has 2 aromatic rings. The number of hydrogen-bond donors (Lipinski definition) is 1. The van der Waals surface area contributed by atoms with Gasteiger partial charge in [-0.1, -0.05) is 13.8 Å². The summed E-state index contributed by atoms with van der Waals surface area (Å²) in [5.41, 5.74) is 0. The lowest BCUT2D eigenvalue weighted by atomic mass is 10.2. The van der Waals surface area contributed by atoms with Gasteiger partial charge in [0.05, 0.1) is 18.8 Å². The van der Waals surface area contributed by atoms with E-state index in [1.165, 1.54) is 0 Å². The molecule has 0 bridgehead atoms. The van der Waals surface area contributed by atoms with Crippen molar-refractivity contribution in [3.63, 3.8) is 0 Å². The molecule has 0 aliphatic carbocycles. The highest BCUT2D eigenvalue weighted by atomic mass is 16.3. The van der Waals surface area contributed by atoms with Crippen LogP contribution in [0.1, 0.15) is 38.4 Å². The Morgan fingerprint density at radius 1 is 1.39 bits per heavy atom. The van der Waals surface area contributed by atoms with Crippen molar-refractivity contribution >= 4 is 0 Å². The molecule has 18 heavy (non-hydrogen) atoms. The third-order valence-corrected chi connectivity index (χ3v) is 2.77. The minimum atomic E-state index is 0.171. The Morgan fingerprint density at radius 3 is 2.89 bits per heavy atom. The van der Waals surface area contributed by atoms with E-state index in [4.69, 9.17) is 4.42 Å². The molecular weight excluding hydrogens is 228 g/mol. The van der Waals surface area contributed by atoms with Gasteiger partial charge in [0.25, 0.3) is 0 Å². The van der Waals surface area contributed by atoms with Crippen LogP contribution in [0.4, 0.5) is 0 Å². The van der Waals surface area contributed by atoms with Crippen molar-refractivity contribution in [2.24, 2.45) is 5.92 Å². The molecule has 5 heteroatoms. The summed E-state index contributed by atoms with van der Waals surface area (Å²) in [6, 6.07) is 4.04. The summed E-state index contributed by atoms with van der Waals surface area (Å²) in [7, 11) is 0. The van der Waals surface area contributed by atoms with E-state index in [2.05, 4.69) is 36.2 Å². The molecule has 0 radical (unpaired) electrons. The van der Waals surface area contributed by atoms with Gasteiger partial charge in [-0.15, -0.1) is 0 Å². The lowest BCUT2D eigenvalue weighted by molar-refractivity contribution is 0.411. The van der Waals surface area contributed by atoms with Gasteiger partial charge in [-0.05, 0) is 25.0 Å². The zero-order valence-electron chi connectivity index (χ0n) is 11.1. The van der Waals surface area contributed by atoms with E-state index in [1.54, 1.807) is 12.6 Å². The molecule has 0 saturated carbocycles. The second-order valence-electron chi connectivity index (χ2n) is 4.87. The highest BCUT2D eigenvalue weighted by Crippen LogP contribution is 2.12. The van der Waals surface area contributed by atoms with Crippen molar-refractivity contribution in [2.45, 2.75) is 39.9 Å². The van der Waals surface area contributed by atoms with Crippen LogP contribution in [0.15, 0.2) is 29.1 Å². The van der Waals surface area contributed by atoms with Crippen LogP contribution in [-0.4, -0.2) is 14.8 Å². The largest absolute Gasteiger partial charge is 0.468 e. The van der Waals surface area contributed by atoms with Crippen LogP contribution in [0.2, 0.25) is 0 Å². The maximum atomic E-state index is 5.35. The van der Waals surface area contributed by atoms with Crippen molar-refractivity contribution in [1.82, 2.24) is 20.1 Å². The van der Waals surface area contributed by atoms with Gasteiger partial charge in [-0.3, -0.25) is 0 Å². The van der Waals surface area contributed by atoms with E-state index in [9.17, 15) is 0 Å². The molecule has 2 aromatic heterocycles. The lowest BCUT2D eigenvalue weighted by Gasteiger charge is -2.12. The Hall–Kier alpha value is -1.62. The Kier molecular flexibility index (Phi) is 4.15. The number of rotatable bonds is 6. The highest BCUT2D eigenvalue weighted by molar-refractivity contribution is 5.03. The predicted octanol–water partition coefficient (Wildman–Crippen LogP) is 2.38. The Labute approximate surface area is 107 Å². The molecule has 0 unspecified atom stereocenters. The third-order valence-electron chi connectivity index (χ3n) is 2.77. The molecule has 5 nitrogen and oxygen atoms in total. The first-order chi connectivity index (χ1) is 8.66. The highest BCUT2D eigenvalue weighted by Gasteiger charge is 2.10. The summed E-state index contributed by atoms with van der Waals surface area (Å²) in [6.45, 7) is 8.00. The average Bonchev–Trinajstić information content (AvgIpc) is 2.95. The van der Waals surface area contributed by atoms with E-state index >= 15 is 0 Å². The lowest BCUT2D eigenvalue weighted by Crippen LogP contribution is -2.21. The van der Waals surface area contributed by atoms with Crippen molar-refractivity contribution in [3.05, 3.63) is 36.3 Å². The maximum Gasteiger partial charge on any atom is 0.140 e. The second kappa shape index (κ2) is 5.82. The molecule has 1 atom stereocenters. The molecule has 1 N–H and O–H groups in total. The molecule has 0 aliphatic heterocycles. The van der Waals surface area contributed by atoms with Gasteiger partial charge < -0.3 is 9.73 Å².